The number of carbonyl (C=O) groups excluding carboxylic acids is 1. The fourth-order valence-electron chi connectivity index (χ4n) is 2.27. The molecule has 0 amide bonds. The number of halogens is 1. The van der Waals surface area contributed by atoms with Crippen molar-refractivity contribution in [3.63, 3.8) is 0 Å². The molecule has 19 heavy (non-hydrogen) atoms. The maximum Gasteiger partial charge on any atom is 0.206 e. The summed E-state index contributed by atoms with van der Waals surface area (Å²) in [4.78, 5) is 13.3. The van der Waals surface area contributed by atoms with Gasteiger partial charge < -0.3 is 4.74 Å². The first-order valence-corrected chi connectivity index (χ1v) is 7.83. The minimum Gasteiger partial charge on any atom is -0.493 e. The van der Waals surface area contributed by atoms with Crippen LogP contribution in [0.3, 0.4) is 0 Å². The normalized spacial score (nSPS) is 13.8. The molecule has 2 heterocycles. The molecular weight excluding hydrogens is 324 g/mol. The Kier molecular flexibility index (Phi) is 3.46. The molecule has 0 spiro atoms. The standard InChI is InChI=1S/C15H13BrO2S/c1-9-8-12(19-15(9)16)13(17)11-6-2-4-10-5-3-7-18-14(10)11/h2,4,6,8H,3,5,7H2,1H3. The van der Waals surface area contributed by atoms with Gasteiger partial charge in [-0.3, -0.25) is 4.79 Å². The largest absolute Gasteiger partial charge is 0.493 e. The van der Waals surface area contributed by atoms with Crippen LogP contribution in [0.15, 0.2) is 28.1 Å². The SMILES string of the molecule is Cc1cc(C(=O)c2cccc3c2OCCC3)sc1Br. The van der Waals surface area contributed by atoms with Gasteiger partial charge in [0.05, 0.1) is 20.8 Å². The van der Waals surface area contributed by atoms with E-state index in [1.807, 2.05) is 31.2 Å². The van der Waals surface area contributed by atoms with Crippen molar-refractivity contribution in [2.75, 3.05) is 6.61 Å². The molecule has 0 atom stereocenters. The van der Waals surface area contributed by atoms with Gasteiger partial charge in [0.1, 0.15) is 5.75 Å². The molecule has 0 unspecified atom stereocenters. The number of benzene rings is 1. The van der Waals surface area contributed by atoms with Crippen LogP contribution >= 0.6 is 27.3 Å². The Morgan fingerprint density at radius 1 is 1.42 bits per heavy atom. The third-order valence-electron chi connectivity index (χ3n) is 3.26. The Morgan fingerprint density at radius 2 is 2.26 bits per heavy atom. The second-order valence-corrected chi connectivity index (χ2v) is 7.01. The zero-order valence-corrected chi connectivity index (χ0v) is 12.9. The minimum atomic E-state index is 0.0533. The molecule has 2 nitrogen and oxygen atoms in total. The van der Waals surface area contributed by atoms with Gasteiger partial charge in [-0.25, -0.2) is 0 Å². The van der Waals surface area contributed by atoms with Gasteiger partial charge in [-0.2, -0.15) is 0 Å². The number of hydrogen-bond donors (Lipinski definition) is 0. The van der Waals surface area contributed by atoms with Crippen LogP contribution in [-0.4, -0.2) is 12.4 Å². The lowest BCUT2D eigenvalue weighted by molar-refractivity contribution is 0.103. The molecule has 0 N–H and O–H groups in total. The van der Waals surface area contributed by atoms with Gasteiger partial charge >= 0.3 is 0 Å². The topological polar surface area (TPSA) is 26.3 Å². The molecular formula is C15H13BrO2S. The van der Waals surface area contributed by atoms with E-state index < -0.39 is 0 Å². The lowest BCUT2D eigenvalue weighted by Gasteiger charge is -2.19. The molecule has 4 heteroatoms. The molecule has 1 aliphatic rings. The van der Waals surface area contributed by atoms with Crippen LogP contribution in [0.2, 0.25) is 0 Å². The maximum atomic E-state index is 12.6. The monoisotopic (exact) mass is 336 g/mol. The quantitative estimate of drug-likeness (QED) is 0.761. The average molecular weight is 337 g/mol. The van der Waals surface area contributed by atoms with E-state index in [4.69, 9.17) is 4.74 Å². The smallest absolute Gasteiger partial charge is 0.206 e. The summed E-state index contributed by atoms with van der Waals surface area (Å²) in [5, 5.41) is 0. The molecule has 1 aromatic carbocycles. The summed E-state index contributed by atoms with van der Waals surface area (Å²) in [6.45, 7) is 2.69. The summed E-state index contributed by atoms with van der Waals surface area (Å²) in [7, 11) is 0. The van der Waals surface area contributed by atoms with Crippen LogP contribution < -0.4 is 4.74 Å². The van der Waals surface area contributed by atoms with E-state index in [2.05, 4.69) is 15.9 Å². The number of thiophene rings is 1. The third-order valence-corrected chi connectivity index (χ3v) is 5.39. The van der Waals surface area contributed by atoms with Crippen molar-refractivity contribution < 1.29 is 9.53 Å². The number of hydrogen-bond acceptors (Lipinski definition) is 3. The number of para-hydroxylation sites is 1. The van der Waals surface area contributed by atoms with Gasteiger partial charge in [0.2, 0.25) is 5.78 Å². The van der Waals surface area contributed by atoms with Crippen molar-refractivity contribution in [1.29, 1.82) is 0 Å². The second-order valence-electron chi connectivity index (χ2n) is 4.64. The number of aryl methyl sites for hydroxylation is 2. The molecule has 1 aliphatic heterocycles. The molecule has 0 aliphatic carbocycles. The molecule has 1 aromatic heterocycles. The molecule has 0 bridgehead atoms. The lowest BCUT2D eigenvalue weighted by atomic mass is 9.99. The highest BCUT2D eigenvalue weighted by Gasteiger charge is 2.21. The van der Waals surface area contributed by atoms with Crippen molar-refractivity contribution in [3.8, 4) is 5.75 Å². The first-order chi connectivity index (χ1) is 9.16. The highest BCUT2D eigenvalue weighted by Crippen LogP contribution is 2.34. The van der Waals surface area contributed by atoms with E-state index in [0.717, 1.165) is 38.4 Å². The molecule has 0 saturated carbocycles. The molecule has 0 fully saturated rings. The molecule has 0 saturated heterocycles. The van der Waals surface area contributed by atoms with Gasteiger partial charge in [-0.05, 0) is 59.0 Å². The van der Waals surface area contributed by atoms with Gasteiger partial charge in [-0.15, -0.1) is 11.3 Å². The zero-order chi connectivity index (χ0) is 13.4. The van der Waals surface area contributed by atoms with Crippen LogP contribution in [0.1, 0.15) is 32.8 Å². The average Bonchev–Trinajstić information content (AvgIpc) is 2.77. The summed E-state index contributed by atoms with van der Waals surface area (Å²) in [6.07, 6.45) is 2.01. The van der Waals surface area contributed by atoms with E-state index >= 15 is 0 Å². The number of ketones is 1. The van der Waals surface area contributed by atoms with E-state index in [-0.39, 0.29) is 5.78 Å². The van der Waals surface area contributed by atoms with Crippen LogP contribution in [0.4, 0.5) is 0 Å². The van der Waals surface area contributed by atoms with Crippen molar-refractivity contribution in [3.05, 3.63) is 49.6 Å². The van der Waals surface area contributed by atoms with Crippen LogP contribution in [0, 0.1) is 6.92 Å². The molecule has 3 rings (SSSR count). The first kappa shape index (κ1) is 12.9. The fourth-order valence-corrected chi connectivity index (χ4v) is 3.76. The van der Waals surface area contributed by atoms with Crippen molar-refractivity contribution in [2.45, 2.75) is 19.8 Å². The molecule has 0 radical (unpaired) electrons. The van der Waals surface area contributed by atoms with E-state index in [1.165, 1.54) is 11.3 Å². The van der Waals surface area contributed by atoms with E-state index in [9.17, 15) is 4.79 Å². The van der Waals surface area contributed by atoms with E-state index in [0.29, 0.717) is 12.2 Å². The van der Waals surface area contributed by atoms with E-state index in [1.54, 1.807) is 0 Å². The first-order valence-electron chi connectivity index (χ1n) is 6.22. The van der Waals surface area contributed by atoms with Crippen molar-refractivity contribution >= 4 is 33.0 Å². The highest BCUT2D eigenvalue weighted by molar-refractivity contribution is 9.11. The fraction of sp³-hybridized carbons (Fsp3) is 0.267. The number of rotatable bonds is 2. The van der Waals surface area contributed by atoms with Crippen LogP contribution in [-0.2, 0) is 6.42 Å². The highest BCUT2D eigenvalue weighted by atomic mass is 79.9. The molecule has 98 valence electrons. The summed E-state index contributed by atoms with van der Waals surface area (Å²) in [5.74, 6) is 0.832. The third kappa shape index (κ3) is 2.35. The maximum absolute atomic E-state index is 12.6. The zero-order valence-electron chi connectivity index (χ0n) is 10.5. The van der Waals surface area contributed by atoms with Crippen molar-refractivity contribution in [1.82, 2.24) is 0 Å². The minimum absolute atomic E-state index is 0.0533. The van der Waals surface area contributed by atoms with Gasteiger partial charge in [0.15, 0.2) is 0 Å². The second kappa shape index (κ2) is 5.10. The van der Waals surface area contributed by atoms with Gasteiger partial charge in [-0.1, -0.05) is 12.1 Å². The summed E-state index contributed by atoms with van der Waals surface area (Å²) >= 11 is 4.95. The lowest BCUT2D eigenvalue weighted by Crippen LogP contribution is -2.12. The summed E-state index contributed by atoms with van der Waals surface area (Å²) < 4.78 is 6.72. The Bertz CT molecular complexity index is 626. The number of carbonyl (C=O) groups is 1. The Labute approximate surface area is 124 Å². The summed E-state index contributed by atoms with van der Waals surface area (Å²) in [5.41, 5.74) is 2.93. The van der Waals surface area contributed by atoms with Crippen molar-refractivity contribution in [2.24, 2.45) is 0 Å². The predicted molar refractivity (Wildman–Crippen MR) is 80.4 cm³/mol. The van der Waals surface area contributed by atoms with Crippen LogP contribution in [0.25, 0.3) is 0 Å². The number of fused-ring (bicyclic) bond motifs is 1. The van der Waals surface area contributed by atoms with Gasteiger partial charge in [0, 0.05) is 0 Å². The van der Waals surface area contributed by atoms with Crippen LogP contribution in [0.5, 0.6) is 5.75 Å². The Balaban J connectivity index is 2.04. The Morgan fingerprint density at radius 3 is 3.00 bits per heavy atom. The molecule has 2 aromatic rings. The Hall–Kier alpha value is -1.13. The van der Waals surface area contributed by atoms with Gasteiger partial charge in [0.25, 0.3) is 0 Å². The summed E-state index contributed by atoms with van der Waals surface area (Å²) in [6, 6.07) is 7.77. The number of ether oxygens (including phenoxy) is 1. The predicted octanol–water partition coefficient (Wildman–Crippen LogP) is 4.38.